The van der Waals surface area contributed by atoms with Crippen molar-refractivity contribution < 1.29 is 19.2 Å². The van der Waals surface area contributed by atoms with Crippen LogP contribution < -0.4 is 15.0 Å². The van der Waals surface area contributed by atoms with Crippen LogP contribution in [0.1, 0.15) is 34.8 Å². The highest BCUT2D eigenvalue weighted by Crippen LogP contribution is 2.41. The molecule has 34 heavy (non-hydrogen) atoms. The summed E-state index contributed by atoms with van der Waals surface area (Å²) >= 11 is 0. The van der Waals surface area contributed by atoms with Crippen LogP contribution in [0.3, 0.4) is 0 Å². The second-order valence-corrected chi connectivity index (χ2v) is 8.07. The lowest BCUT2D eigenvalue weighted by molar-refractivity contribution is -0.384. The van der Waals surface area contributed by atoms with Crippen molar-refractivity contribution in [2.45, 2.75) is 18.8 Å². The molecule has 1 aromatic carbocycles. The number of morpholine rings is 1. The molecule has 0 unspecified atom stereocenters. The quantitative estimate of drug-likeness (QED) is 0.300. The second kappa shape index (κ2) is 9.06. The van der Waals surface area contributed by atoms with E-state index in [4.69, 9.17) is 9.47 Å². The summed E-state index contributed by atoms with van der Waals surface area (Å²) in [6.45, 7) is 2.11. The number of aromatic nitrogens is 4. The van der Waals surface area contributed by atoms with Gasteiger partial charge in [0.05, 0.1) is 42.2 Å². The fraction of sp³-hybridized carbons (Fsp3) is 0.364. The molecule has 0 amide bonds. The summed E-state index contributed by atoms with van der Waals surface area (Å²) in [6, 6.07) is 4.73. The summed E-state index contributed by atoms with van der Waals surface area (Å²) in [5, 5.41) is 19.4. The number of nitro groups is 1. The van der Waals surface area contributed by atoms with Gasteiger partial charge in [-0.15, -0.1) is 0 Å². The molecular weight excluding hydrogens is 442 g/mol. The minimum Gasteiger partial charge on any atom is -0.494 e. The van der Waals surface area contributed by atoms with Crippen molar-refractivity contribution in [1.29, 1.82) is 0 Å². The van der Waals surface area contributed by atoms with Gasteiger partial charge in [0.2, 0.25) is 5.95 Å². The smallest absolute Gasteiger partial charge is 0.294 e. The van der Waals surface area contributed by atoms with E-state index in [1.165, 1.54) is 13.2 Å². The lowest BCUT2D eigenvalue weighted by Crippen LogP contribution is -2.36. The van der Waals surface area contributed by atoms with Crippen LogP contribution in [0.2, 0.25) is 0 Å². The maximum atomic E-state index is 11.8. The van der Waals surface area contributed by atoms with E-state index < -0.39 is 4.92 Å². The number of methoxy groups -OCH3 is 1. The van der Waals surface area contributed by atoms with E-state index in [1.807, 2.05) is 4.90 Å². The van der Waals surface area contributed by atoms with Crippen molar-refractivity contribution in [3.63, 3.8) is 0 Å². The Labute approximate surface area is 194 Å². The standard InChI is InChI=1S/C22H23N7O5/c1-33-19-11-17(27-6-8-34-9-7-27)18(29(31)32)10-16(19)24-22-23-5-4-20(25-22)28-12-15(13-30)21(26-28)14-2-3-14/h4-5,10-14H,2-3,6-9H2,1H3,(H,23,24,25). The molecule has 0 radical (unpaired) electrons. The minimum absolute atomic E-state index is 0.0573. The van der Waals surface area contributed by atoms with Crippen LogP contribution in [-0.2, 0) is 4.74 Å². The number of aldehydes is 1. The van der Waals surface area contributed by atoms with Crippen LogP contribution in [0.15, 0.2) is 30.6 Å². The molecule has 1 saturated heterocycles. The number of hydrogen-bond acceptors (Lipinski definition) is 10. The van der Waals surface area contributed by atoms with Crippen molar-refractivity contribution in [3.05, 3.63) is 52.0 Å². The van der Waals surface area contributed by atoms with Crippen molar-refractivity contribution in [2.24, 2.45) is 0 Å². The minimum atomic E-state index is -0.420. The number of benzene rings is 1. The van der Waals surface area contributed by atoms with Gasteiger partial charge in [-0.05, 0) is 12.8 Å². The molecule has 1 N–H and O–H groups in total. The Morgan fingerprint density at radius 2 is 2.09 bits per heavy atom. The maximum absolute atomic E-state index is 11.8. The first-order chi connectivity index (χ1) is 16.6. The normalized spacial score (nSPS) is 15.7. The first-order valence-electron chi connectivity index (χ1n) is 10.9. The fourth-order valence-corrected chi connectivity index (χ4v) is 3.97. The van der Waals surface area contributed by atoms with E-state index in [0.717, 1.165) is 24.8 Å². The molecular formula is C22H23N7O5. The fourth-order valence-electron chi connectivity index (χ4n) is 3.97. The molecule has 3 aromatic rings. The molecule has 2 aliphatic rings. The Morgan fingerprint density at radius 1 is 1.29 bits per heavy atom. The summed E-state index contributed by atoms with van der Waals surface area (Å²) in [4.78, 5) is 33.5. The average molecular weight is 465 g/mol. The number of nitrogens with zero attached hydrogens (tertiary/aromatic N) is 6. The Kier molecular flexibility index (Phi) is 5.80. The van der Waals surface area contributed by atoms with Crippen molar-refractivity contribution in [2.75, 3.05) is 43.6 Å². The molecule has 3 heterocycles. The van der Waals surface area contributed by atoms with Crippen molar-refractivity contribution in [1.82, 2.24) is 19.7 Å². The number of carbonyl (C=O) groups excluding carboxylic acids is 1. The number of rotatable bonds is 8. The molecule has 0 spiro atoms. The van der Waals surface area contributed by atoms with Gasteiger partial charge in [0.1, 0.15) is 11.4 Å². The van der Waals surface area contributed by atoms with Crippen LogP contribution in [0, 0.1) is 10.1 Å². The van der Waals surface area contributed by atoms with Crippen LogP contribution in [0.5, 0.6) is 5.75 Å². The SMILES string of the molecule is COc1cc(N2CCOCC2)c([N+](=O)[O-])cc1Nc1nccc(-n2cc(C=O)c(C3CC3)n2)n1. The zero-order valence-corrected chi connectivity index (χ0v) is 18.5. The van der Waals surface area contributed by atoms with Crippen LogP contribution in [0.4, 0.5) is 23.0 Å². The Morgan fingerprint density at radius 3 is 2.76 bits per heavy atom. The van der Waals surface area contributed by atoms with E-state index in [1.54, 1.807) is 29.2 Å². The van der Waals surface area contributed by atoms with Gasteiger partial charge in [-0.25, -0.2) is 9.67 Å². The number of nitrogens with one attached hydrogen (secondary N) is 1. The molecule has 1 aliphatic carbocycles. The molecule has 2 fully saturated rings. The van der Waals surface area contributed by atoms with E-state index in [-0.39, 0.29) is 11.6 Å². The van der Waals surface area contributed by atoms with E-state index in [0.29, 0.717) is 60.7 Å². The van der Waals surface area contributed by atoms with Gasteiger partial charge in [0, 0.05) is 49.6 Å². The topological polar surface area (TPSA) is 138 Å². The zero-order valence-electron chi connectivity index (χ0n) is 18.5. The summed E-state index contributed by atoms with van der Waals surface area (Å²) in [6.07, 6.45) is 6.04. The highest BCUT2D eigenvalue weighted by Gasteiger charge is 2.29. The highest BCUT2D eigenvalue weighted by atomic mass is 16.6. The maximum Gasteiger partial charge on any atom is 0.294 e. The van der Waals surface area contributed by atoms with Crippen molar-refractivity contribution >= 4 is 29.3 Å². The second-order valence-electron chi connectivity index (χ2n) is 8.07. The van der Waals surface area contributed by atoms with Gasteiger partial charge >= 0.3 is 0 Å². The molecule has 2 aromatic heterocycles. The van der Waals surface area contributed by atoms with Crippen LogP contribution in [0.25, 0.3) is 5.82 Å². The van der Waals surface area contributed by atoms with Gasteiger partial charge in [-0.1, -0.05) is 0 Å². The number of anilines is 3. The number of carbonyl (C=O) groups is 1. The molecule has 1 aliphatic heterocycles. The van der Waals surface area contributed by atoms with Gasteiger partial charge in [0.25, 0.3) is 5.69 Å². The predicted octanol–water partition coefficient (Wildman–Crippen LogP) is 2.85. The largest absolute Gasteiger partial charge is 0.494 e. The summed E-state index contributed by atoms with van der Waals surface area (Å²) in [7, 11) is 1.50. The molecule has 1 saturated carbocycles. The van der Waals surface area contributed by atoms with Gasteiger partial charge in [-0.2, -0.15) is 10.1 Å². The van der Waals surface area contributed by atoms with Gasteiger partial charge < -0.3 is 19.7 Å². The average Bonchev–Trinajstić information content (AvgIpc) is 3.62. The third kappa shape index (κ3) is 4.27. The summed E-state index contributed by atoms with van der Waals surface area (Å²) in [5.41, 5.74) is 2.09. The monoisotopic (exact) mass is 465 g/mol. The van der Waals surface area contributed by atoms with E-state index >= 15 is 0 Å². The summed E-state index contributed by atoms with van der Waals surface area (Å²) in [5.74, 6) is 1.40. The molecule has 5 rings (SSSR count). The van der Waals surface area contributed by atoms with Gasteiger partial charge in [-0.3, -0.25) is 14.9 Å². The van der Waals surface area contributed by atoms with Gasteiger partial charge in [0.15, 0.2) is 12.1 Å². The van der Waals surface area contributed by atoms with Crippen LogP contribution in [-0.4, -0.2) is 64.4 Å². The number of nitro benzene ring substituents is 1. The first-order valence-corrected chi connectivity index (χ1v) is 10.9. The Balaban J connectivity index is 1.47. The first kappa shape index (κ1) is 21.8. The summed E-state index contributed by atoms with van der Waals surface area (Å²) < 4.78 is 12.4. The third-order valence-electron chi connectivity index (χ3n) is 5.83. The lowest BCUT2D eigenvalue weighted by Gasteiger charge is -2.29. The highest BCUT2D eigenvalue weighted by molar-refractivity contribution is 5.77. The van der Waals surface area contributed by atoms with Crippen molar-refractivity contribution in [3.8, 4) is 11.6 Å². The predicted molar refractivity (Wildman–Crippen MR) is 122 cm³/mol. The number of ether oxygens (including phenoxy) is 2. The molecule has 176 valence electrons. The van der Waals surface area contributed by atoms with E-state index in [2.05, 4.69) is 20.4 Å². The molecule has 12 nitrogen and oxygen atoms in total. The van der Waals surface area contributed by atoms with Crippen LogP contribution >= 0.6 is 0 Å². The Hall–Kier alpha value is -4.06. The number of hydrogen-bond donors (Lipinski definition) is 1. The molecule has 0 atom stereocenters. The van der Waals surface area contributed by atoms with E-state index in [9.17, 15) is 14.9 Å². The Bertz CT molecular complexity index is 1230. The zero-order chi connectivity index (χ0) is 23.7. The molecule has 0 bridgehead atoms. The third-order valence-corrected chi connectivity index (χ3v) is 5.83. The molecule has 12 heteroatoms. The lowest BCUT2D eigenvalue weighted by atomic mass is 10.2.